The van der Waals surface area contributed by atoms with Crippen LogP contribution in [0.3, 0.4) is 0 Å². The van der Waals surface area contributed by atoms with Gasteiger partial charge in [-0.3, -0.25) is 4.59 Å². The lowest BCUT2D eigenvalue weighted by atomic mass is 10.9. The minimum atomic E-state index is -2.87. The average molecular weight is 156 g/mol. The standard InChI is InChI=1S/C3H11N2.HO3P/c1-5(2,3)4;1-4(2)3/h4H2,1-3H3;(H-,1,2,3)/q+1;/p+1. The molecule has 0 rings (SSSR count). The van der Waals surface area contributed by atoms with Crippen molar-refractivity contribution in [1.29, 1.82) is 0 Å². The zero-order chi connectivity index (χ0) is 8.08. The van der Waals surface area contributed by atoms with Gasteiger partial charge in [0.15, 0.2) is 0 Å². The highest BCUT2D eigenvalue weighted by atomic mass is 31.1. The number of rotatable bonds is 0. The van der Waals surface area contributed by atoms with Crippen LogP contribution in [0.1, 0.15) is 0 Å². The van der Waals surface area contributed by atoms with Gasteiger partial charge in [0.1, 0.15) is 0 Å². The smallest absolute Gasteiger partial charge is 0.255 e. The molecule has 0 fully saturated rings. The third kappa shape index (κ3) is 77800. The fourth-order valence-electron chi connectivity index (χ4n) is 0. The first kappa shape index (κ1) is 11.7. The van der Waals surface area contributed by atoms with Crippen molar-refractivity contribution >= 4 is 8.25 Å². The summed E-state index contributed by atoms with van der Waals surface area (Å²) in [5.41, 5.74) is 0. The molecule has 4 N–H and O–H groups in total. The van der Waals surface area contributed by atoms with E-state index >= 15 is 0 Å². The van der Waals surface area contributed by atoms with Gasteiger partial charge in [-0.1, -0.05) is 0 Å². The maximum absolute atomic E-state index is 8.70. The van der Waals surface area contributed by atoms with Crippen molar-refractivity contribution in [3.63, 3.8) is 0 Å². The van der Waals surface area contributed by atoms with Crippen molar-refractivity contribution in [1.82, 2.24) is 0 Å². The van der Waals surface area contributed by atoms with E-state index in [-0.39, 0.29) is 0 Å². The minimum Gasteiger partial charge on any atom is -0.255 e. The summed E-state index contributed by atoms with van der Waals surface area (Å²) in [6.45, 7) is 0. The third-order valence-corrected chi connectivity index (χ3v) is 0. The highest BCUT2D eigenvalue weighted by molar-refractivity contribution is 7.30. The van der Waals surface area contributed by atoms with Gasteiger partial charge in [-0.15, -0.1) is 9.79 Å². The van der Waals surface area contributed by atoms with E-state index in [1.807, 2.05) is 21.1 Å². The number of nitrogens with two attached hydrogens (primary N) is 1. The Morgan fingerprint density at radius 2 is 1.33 bits per heavy atom. The predicted molar refractivity (Wildman–Crippen MR) is 34.3 cm³/mol. The summed E-state index contributed by atoms with van der Waals surface area (Å²) in [6.07, 6.45) is 0. The fraction of sp³-hybridized carbons (Fsp3) is 1.00. The first-order valence-corrected chi connectivity index (χ1v) is 3.35. The maximum atomic E-state index is 8.70. The molecule has 0 heterocycles. The van der Waals surface area contributed by atoms with Crippen molar-refractivity contribution in [2.24, 2.45) is 5.84 Å². The third-order valence-electron chi connectivity index (χ3n) is 0. The molecule has 0 aliphatic rings. The molecular weight excluding hydrogens is 143 g/mol. The van der Waals surface area contributed by atoms with Crippen molar-refractivity contribution in [3.05, 3.63) is 0 Å². The van der Waals surface area contributed by atoms with E-state index in [0.29, 0.717) is 4.59 Å². The Labute approximate surface area is 55.2 Å². The molecule has 56 valence electrons. The number of nitrogens with zero attached hydrogens (tertiary/aromatic N) is 1. The Hall–Kier alpha value is -0.0600. The molecule has 5 nitrogen and oxygen atoms in total. The van der Waals surface area contributed by atoms with Crippen molar-refractivity contribution in [3.8, 4) is 0 Å². The first-order chi connectivity index (χ1) is 3.73. The van der Waals surface area contributed by atoms with Gasteiger partial charge in [0.25, 0.3) is 0 Å². The maximum Gasteiger partial charge on any atom is 0.692 e. The van der Waals surface area contributed by atoms with Gasteiger partial charge in [-0.25, -0.2) is 0 Å². The van der Waals surface area contributed by atoms with Crippen molar-refractivity contribution < 1.29 is 18.9 Å². The molecule has 0 aliphatic heterocycles. The highest BCUT2D eigenvalue weighted by Gasteiger charge is 1.93. The topological polar surface area (TPSA) is 83.6 Å². The van der Waals surface area contributed by atoms with E-state index in [4.69, 9.17) is 20.2 Å². The molecule has 0 radical (unpaired) electrons. The normalized spacial score (nSPS) is 9.56. The van der Waals surface area contributed by atoms with Gasteiger partial charge in [-0.2, -0.15) is 5.84 Å². The van der Waals surface area contributed by atoms with Crippen molar-refractivity contribution in [2.45, 2.75) is 0 Å². The Morgan fingerprint density at radius 1 is 1.33 bits per heavy atom. The predicted octanol–water partition coefficient (Wildman–Crippen LogP) is -0.805. The van der Waals surface area contributed by atoms with Gasteiger partial charge >= 0.3 is 8.25 Å². The fourth-order valence-corrected chi connectivity index (χ4v) is 0. The van der Waals surface area contributed by atoms with E-state index in [9.17, 15) is 0 Å². The van der Waals surface area contributed by atoms with Crippen LogP contribution in [-0.4, -0.2) is 35.5 Å². The lowest BCUT2D eigenvalue weighted by molar-refractivity contribution is -0.882. The van der Waals surface area contributed by atoms with Gasteiger partial charge in [0.2, 0.25) is 0 Å². The van der Waals surface area contributed by atoms with E-state index in [1.54, 1.807) is 0 Å². The molecule has 0 aromatic rings. The molecule has 0 atom stereocenters. The quantitative estimate of drug-likeness (QED) is 0.185. The molecule has 0 aliphatic carbocycles. The molecular formula is C3H13N2O3P+2. The largest absolute Gasteiger partial charge is 0.692 e. The average Bonchev–Trinajstić information content (AvgIpc) is 1.19. The summed E-state index contributed by atoms with van der Waals surface area (Å²) in [4.78, 5) is 14.2. The molecule has 0 saturated heterocycles. The van der Waals surface area contributed by atoms with E-state index in [2.05, 4.69) is 0 Å². The Kier molecular flexibility index (Phi) is 6.22. The van der Waals surface area contributed by atoms with Crippen LogP contribution in [0.5, 0.6) is 0 Å². The van der Waals surface area contributed by atoms with E-state index < -0.39 is 8.25 Å². The summed E-state index contributed by atoms with van der Waals surface area (Å²) >= 11 is 0. The number of quaternary nitrogens is 1. The SMILES string of the molecule is C[N+](C)(C)N.O=[P+](O)O. The molecule has 0 saturated carbocycles. The monoisotopic (exact) mass is 156 g/mol. The molecule has 0 aromatic carbocycles. The van der Waals surface area contributed by atoms with Crippen LogP contribution in [0.4, 0.5) is 0 Å². The molecule has 9 heavy (non-hydrogen) atoms. The van der Waals surface area contributed by atoms with Crippen LogP contribution in [0.25, 0.3) is 0 Å². The Balaban J connectivity index is 0. The second-order valence-corrected chi connectivity index (χ2v) is 2.87. The second kappa shape index (κ2) is 4.78. The van der Waals surface area contributed by atoms with E-state index in [0.717, 1.165) is 0 Å². The van der Waals surface area contributed by atoms with Crippen LogP contribution in [0, 0.1) is 0 Å². The Bertz CT molecular complexity index is 79.5. The first-order valence-electron chi connectivity index (χ1n) is 2.18. The molecule has 0 unspecified atom stereocenters. The highest BCUT2D eigenvalue weighted by Crippen LogP contribution is 1.98. The molecule has 6 heteroatoms. The second-order valence-electron chi connectivity index (χ2n) is 2.37. The van der Waals surface area contributed by atoms with Gasteiger partial charge < -0.3 is 0 Å². The lowest BCUT2D eigenvalue weighted by Crippen LogP contribution is -2.41. The molecule has 0 spiro atoms. The molecule has 0 bridgehead atoms. The van der Waals surface area contributed by atoms with Crippen LogP contribution in [-0.2, 0) is 4.57 Å². The summed E-state index contributed by atoms with van der Waals surface area (Å²) in [5, 5.41) is 0. The zero-order valence-electron chi connectivity index (χ0n) is 5.77. The van der Waals surface area contributed by atoms with E-state index in [1.165, 1.54) is 0 Å². The zero-order valence-corrected chi connectivity index (χ0v) is 6.67. The summed E-state index contributed by atoms with van der Waals surface area (Å²) in [7, 11) is 2.84. The number of hydrogen-bond donors (Lipinski definition) is 3. The lowest BCUT2D eigenvalue weighted by Gasteiger charge is -2.12. The summed E-state index contributed by atoms with van der Waals surface area (Å²) < 4.78 is 9.20. The van der Waals surface area contributed by atoms with Gasteiger partial charge in [-0.05, 0) is 0 Å². The van der Waals surface area contributed by atoms with Crippen LogP contribution >= 0.6 is 8.25 Å². The van der Waals surface area contributed by atoms with Crippen LogP contribution < -0.4 is 5.84 Å². The molecule has 0 aromatic heterocycles. The summed E-state index contributed by atoms with van der Waals surface area (Å²) in [6, 6.07) is 0. The van der Waals surface area contributed by atoms with Gasteiger partial charge in [0, 0.05) is 4.57 Å². The Morgan fingerprint density at radius 3 is 1.33 bits per heavy atom. The van der Waals surface area contributed by atoms with Crippen molar-refractivity contribution in [2.75, 3.05) is 21.1 Å². The van der Waals surface area contributed by atoms with Gasteiger partial charge in [0.05, 0.1) is 21.1 Å². The molecule has 0 amide bonds. The number of hydrogen-bond acceptors (Lipinski definition) is 2. The summed E-state index contributed by atoms with van der Waals surface area (Å²) in [5.74, 6) is 5.29. The van der Waals surface area contributed by atoms with Crippen LogP contribution in [0.2, 0.25) is 0 Å². The minimum absolute atomic E-state index is 0.500. The van der Waals surface area contributed by atoms with Crippen LogP contribution in [0.15, 0.2) is 0 Å².